The molecule has 0 bridgehead atoms. The lowest BCUT2D eigenvalue weighted by Gasteiger charge is -2.05. The van der Waals surface area contributed by atoms with Crippen molar-refractivity contribution in [3.05, 3.63) is 48.5 Å². The van der Waals surface area contributed by atoms with Crippen molar-refractivity contribution in [2.75, 3.05) is 13.2 Å². The molecule has 0 saturated heterocycles. The molecule has 4 aromatic rings. The molecule has 2 heterocycles. The molecule has 2 aromatic heterocycles. The molecule has 0 radical (unpaired) electrons. The van der Waals surface area contributed by atoms with Gasteiger partial charge in [-0.25, -0.2) is 0 Å². The summed E-state index contributed by atoms with van der Waals surface area (Å²) in [5, 5.41) is 16.3. The Morgan fingerprint density at radius 3 is 1.42 bits per heavy atom. The molecule has 0 spiro atoms. The van der Waals surface area contributed by atoms with Gasteiger partial charge in [0.1, 0.15) is 11.5 Å². The third kappa shape index (κ3) is 5.97. The lowest BCUT2D eigenvalue weighted by Crippen LogP contribution is -1.96. The molecule has 0 saturated carbocycles. The van der Waals surface area contributed by atoms with Crippen LogP contribution in [-0.4, -0.2) is 33.6 Å². The molecule has 8 heteroatoms. The predicted octanol–water partition coefficient (Wildman–Crippen LogP) is 6.20. The molecule has 0 atom stereocenters. The van der Waals surface area contributed by atoms with Crippen molar-refractivity contribution in [2.24, 2.45) is 0 Å². The van der Waals surface area contributed by atoms with Gasteiger partial charge in [-0.2, -0.15) is 0 Å². The van der Waals surface area contributed by atoms with Crippen LogP contribution in [0, 0.1) is 0 Å². The van der Waals surface area contributed by atoms with Crippen LogP contribution in [0.3, 0.4) is 0 Å². The lowest BCUT2D eigenvalue weighted by molar-refractivity contribution is 0.306. The summed E-state index contributed by atoms with van der Waals surface area (Å²) >= 11 is 0. The van der Waals surface area contributed by atoms with Gasteiger partial charge in [0.15, 0.2) is 0 Å². The first-order valence-electron chi connectivity index (χ1n) is 11.4. The molecular formula is C25H28N4O4. The Morgan fingerprint density at radius 1 is 0.545 bits per heavy atom. The van der Waals surface area contributed by atoms with Gasteiger partial charge in [0.2, 0.25) is 11.8 Å². The monoisotopic (exact) mass is 448 g/mol. The normalized spacial score (nSPS) is 11.0. The number of benzene rings is 2. The molecule has 172 valence electrons. The van der Waals surface area contributed by atoms with Gasteiger partial charge in [-0.05, 0) is 61.4 Å². The first-order chi connectivity index (χ1) is 16.3. The molecule has 0 aliphatic rings. The minimum absolute atomic E-state index is 0.169. The minimum atomic E-state index is 0.169. The van der Waals surface area contributed by atoms with Crippen molar-refractivity contribution in [3.8, 4) is 46.2 Å². The smallest absolute Gasteiger partial charge is 0.306 e. The largest absolute Gasteiger partial charge is 0.494 e. The molecule has 0 unspecified atom stereocenters. The Balaban J connectivity index is 1.39. The van der Waals surface area contributed by atoms with Gasteiger partial charge in [-0.3, -0.25) is 0 Å². The summed E-state index contributed by atoms with van der Waals surface area (Å²) in [6.07, 6.45) is 5.51. The van der Waals surface area contributed by atoms with E-state index in [-0.39, 0.29) is 11.8 Å². The Kier molecular flexibility index (Phi) is 7.68. The average molecular weight is 449 g/mol. The summed E-state index contributed by atoms with van der Waals surface area (Å²) in [4.78, 5) is 0. The van der Waals surface area contributed by atoms with Crippen molar-refractivity contribution >= 4 is 0 Å². The van der Waals surface area contributed by atoms with Crippen LogP contribution in [0.2, 0.25) is 0 Å². The topological polar surface area (TPSA) is 96.3 Å². The number of unbranched alkanes of at least 4 members (excludes halogenated alkanes) is 3. The Morgan fingerprint density at radius 2 is 0.970 bits per heavy atom. The van der Waals surface area contributed by atoms with Crippen molar-refractivity contribution in [3.63, 3.8) is 0 Å². The zero-order chi connectivity index (χ0) is 22.9. The van der Waals surface area contributed by atoms with Crippen LogP contribution in [0.25, 0.3) is 34.7 Å². The number of nitrogens with zero attached hydrogens (tertiary/aromatic N) is 4. The van der Waals surface area contributed by atoms with E-state index in [1.165, 1.54) is 12.8 Å². The van der Waals surface area contributed by atoms with Crippen LogP contribution in [0.4, 0.5) is 0 Å². The maximum Gasteiger partial charge on any atom is 0.306 e. The second-order valence-corrected chi connectivity index (χ2v) is 7.63. The van der Waals surface area contributed by atoms with Crippen molar-refractivity contribution in [1.29, 1.82) is 0 Å². The van der Waals surface area contributed by atoms with E-state index >= 15 is 0 Å². The molecule has 4 rings (SSSR count). The summed E-state index contributed by atoms with van der Waals surface area (Å²) in [5.74, 6) is 2.71. The van der Waals surface area contributed by atoms with Crippen LogP contribution in [0.5, 0.6) is 11.5 Å². The fourth-order valence-electron chi connectivity index (χ4n) is 3.12. The second kappa shape index (κ2) is 11.3. The van der Waals surface area contributed by atoms with Crippen LogP contribution >= 0.6 is 0 Å². The number of hydrogen-bond donors (Lipinski definition) is 0. The first kappa shape index (κ1) is 22.5. The highest BCUT2D eigenvalue weighted by molar-refractivity contribution is 5.57. The Hall–Kier alpha value is -3.68. The summed E-state index contributed by atoms with van der Waals surface area (Å²) in [7, 11) is 0. The molecule has 0 aliphatic carbocycles. The highest BCUT2D eigenvalue weighted by atomic mass is 16.5. The third-order valence-corrected chi connectivity index (χ3v) is 5.02. The number of ether oxygens (including phenoxy) is 2. The van der Waals surface area contributed by atoms with E-state index in [0.29, 0.717) is 25.0 Å². The van der Waals surface area contributed by atoms with Crippen LogP contribution in [-0.2, 0) is 0 Å². The Labute approximate surface area is 193 Å². The molecule has 0 aliphatic heterocycles. The molecular weight excluding hydrogens is 420 g/mol. The van der Waals surface area contributed by atoms with E-state index in [0.717, 1.165) is 41.9 Å². The number of aromatic nitrogens is 4. The second-order valence-electron chi connectivity index (χ2n) is 7.63. The van der Waals surface area contributed by atoms with Gasteiger partial charge in [-0.1, -0.05) is 33.1 Å². The van der Waals surface area contributed by atoms with Crippen molar-refractivity contribution < 1.29 is 18.3 Å². The van der Waals surface area contributed by atoms with E-state index in [1.54, 1.807) is 0 Å². The van der Waals surface area contributed by atoms with Crippen molar-refractivity contribution in [1.82, 2.24) is 20.4 Å². The van der Waals surface area contributed by atoms with E-state index < -0.39 is 0 Å². The third-order valence-electron chi connectivity index (χ3n) is 5.02. The van der Waals surface area contributed by atoms with Gasteiger partial charge in [0.25, 0.3) is 0 Å². The molecule has 8 nitrogen and oxygen atoms in total. The fraction of sp³-hybridized carbons (Fsp3) is 0.360. The average Bonchev–Trinajstić information content (AvgIpc) is 3.53. The maximum atomic E-state index is 5.75. The quantitative estimate of drug-likeness (QED) is 0.236. The SMILES string of the molecule is CCCCCOc1ccc(-c2nnc(-c3nnc(-c4ccc(OCCCC)cc4)o3)o2)cc1. The Bertz CT molecular complexity index is 1120. The standard InChI is InChI=1S/C25H28N4O4/c1-3-5-7-17-31-21-14-10-19(11-15-21)23-27-29-25(33-23)24-28-26-22(32-24)18-8-12-20(13-9-18)30-16-6-4-2/h8-15H,3-7,16-17H2,1-2H3. The number of rotatable bonds is 12. The summed E-state index contributed by atoms with van der Waals surface area (Å²) in [5.41, 5.74) is 1.57. The molecule has 0 N–H and O–H groups in total. The van der Waals surface area contributed by atoms with E-state index in [4.69, 9.17) is 18.3 Å². The van der Waals surface area contributed by atoms with Crippen LogP contribution in [0.1, 0.15) is 46.0 Å². The highest BCUT2D eigenvalue weighted by Gasteiger charge is 2.18. The molecule has 2 aromatic carbocycles. The zero-order valence-electron chi connectivity index (χ0n) is 19.0. The van der Waals surface area contributed by atoms with Gasteiger partial charge in [-0.15, -0.1) is 20.4 Å². The summed E-state index contributed by atoms with van der Waals surface area (Å²) < 4.78 is 22.9. The summed E-state index contributed by atoms with van der Waals surface area (Å²) in [6.45, 7) is 5.72. The van der Waals surface area contributed by atoms with Gasteiger partial charge in [0, 0.05) is 11.1 Å². The molecule has 33 heavy (non-hydrogen) atoms. The lowest BCUT2D eigenvalue weighted by atomic mass is 10.2. The first-order valence-corrected chi connectivity index (χ1v) is 11.4. The predicted molar refractivity (Wildman–Crippen MR) is 124 cm³/mol. The van der Waals surface area contributed by atoms with Crippen LogP contribution in [0.15, 0.2) is 57.4 Å². The fourth-order valence-corrected chi connectivity index (χ4v) is 3.12. The number of hydrogen-bond acceptors (Lipinski definition) is 8. The van der Waals surface area contributed by atoms with Gasteiger partial charge in [0.05, 0.1) is 13.2 Å². The van der Waals surface area contributed by atoms with Crippen molar-refractivity contribution in [2.45, 2.75) is 46.0 Å². The summed E-state index contributed by atoms with van der Waals surface area (Å²) in [6, 6.07) is 15.1. The van der Waals surface area contributed by atoms with E-state index in [2.05, 4.69) is 34.2 Å². The van der Waals surface area contributed by atoms with Crippen LogP contribution < -0.4 is 9.47 Å². The molecule has 0 fully saturated rings. The minimum Gasteiger partial charge on any atom is -0.494 e. The zero-order valence-corrected chi connectivity index (χ0v) is 19.0. The van der Waals surface area contributed by atoms with E-state index in [1.807, 2.05) is 48.5 Å². The van der Waals surface area contributed by atoms with E-state index in [9.17, 15) is 0 Å². The maximum absolute atomic E-state index is 5.75. The highest BCUT2D eigenvalue weighted by Crippen LogP contribution is 2.28. The molecule has 0 amide bonds. The van der Waals surface area contributed by atoms with Gasteiger partial charge < -0.3 is 18.3 Å². The van der Waals surface area contributed by atoms with Gasteiger partial charge >= 0.3 is 11.8 Å².